The van der Waals surface area contributed by atoms with Crippen molar-refractivity contribution >= 4 is 41.5 Å². The number of aromatic nitrogens is 1. The number of nitrogens with zero attached hydrogens (tertiary/aromatic N) is 5. The SMILES string of the molecule is COC(=O)N[C@H](C(=O)N[C@@H](Cc1ccc(C#Cc2ccc(N3CC4CCC(C3)N4C3COC3)nc2)cc1)[C@@H](O)CN(Cc1c(F)cc(/C(N)=C/C=N/C(F)F)cc1F)NC(=O)[C@@H](NC(=O)C1CC1)C(C)(C)C)C(C)(C)C(F)(F)F. The van der Waals surface area contributed by atoms with Crippen LogP contribution in [0.3, 0.4) is 0 Å². The first-order chi connectivity index (χ1) is 37.2. The molecule has 4 fully saturated rings. The van der Waals surface area contributed by atoms with Gasteiger partial charge in [0.2, 0.25) is 11.8 Å². The number of amides is 4. The second kappa shape index (κ2) is 25.1. The largest absolute Gasteiger partial charge is 0.453 e. The summed E-state index contributed by atoms with van der Waals surface area (Å²) in [6.07, 6.45) is -1.94. The van der Waals surface area contributed by atoms with Crippen molar-refractivity contribution in [3.8, 4) is 11.8 Å². The van der Waals surface area contributed by atoms with E-state index < -0.39 is 102 Å². The fourth-order valence-corrected chi connectivity index (χ4v) is 9.75. The van der Waals surface area contributed by atoms with Gasteiger partial charge in [0.15, 0.2) is 0 Å². The van der Waals surface area contributed by atoms with Crippen molar-refractivity contribution in [2.75, 3.05) is 44.9 Å². The number of alkyl halides is 5. The summed E-state index contributed by atoms with van der Waals surface area (Å²) in [6, 6.07) is 8.13. The van der Waals surface area contributed by atoms with E-state index in [4.69, 9.17) is 15.5 Å². The van der Waals surface area contributed by atoms with E-state index in [0.717, 1.165) is 75.3 Å². The smallest absolute Gasteiger partial charge is 0.407 e. The summed E-state index contributed by atoms with van der Waals surface area (Å²) in [6.45, 7) is 4.92. The van der Waals surface area contributed by atoms with Gasteiger partial charge in [-0.15, -0.1) is 0 Å². The second-order valence-electron chi connectivity index (χ2n) is 22.0. The number of carbonyl (C=O) groups is 4. The Bertz CT molecular complexity index is 2760. The Morgan fingerprint density at radius 3 is 2.04 bits per heavy atom. The normalized spacial score (nSPS) is 19.7. The molecule has 6 atom stereocenters. The number of aliphatic imine (C=N–C) groups is 1. The number of benzene rings is 2. The lowest BCUT2D eigenvalue weighted by molar-refractivity contribution is -0.220. The fraction of sp³-hybridized carbons (Fsp3) is 0.527. The first kappa shape index (κ1) is 59.8. The predicted octanol–water partition coefficient (Wildman–Crippen LogP) is 5.58. The predicted molar refractivity (Wildman–Crippen MR) is 279 cm³/mol. The average Bonchev–Trinajstić information content (AvgIpc) is 4.32. The van der Waals surface area contributed by atoms with Gasteiger partial charge in [0, 0.05) is 84.5 Å². The van der Waals surface area contributed by atoms with Crippen LogP contribution in [-0.2, 0) is 36.8 Å². The summed E-state index contributed by atoms with van der Waals surface area (Å²) in [5, 5.41) is 20.2. The van der Waals surface area contributed by atoms with Gasteiger partial charge in [0.25, 0.3) is 5.91 Å². The number of alkyl carbamates (subject to hydrolysis) is 1. The van der Waals surface area contributed by atoms with Crippen LogP contribution in [0.15, 0.2) is 65.8 Å². The first-order valence-electron chi connectivity index (χ1n) is 25.9. The Morgan fingerprint density at radius 2 is 1.51 bits per heavy atom. The lowest BCUT2D eigenvalue weighted by atomic mass is 9.82. The highest BCUT2D eigenvalue weighted by Gasteiger charge is 2.56. The van der Waals surface area contributed by atoms with Crippen molar-refractivity contribution in [1.82, 2.24) is 36.3 Å². The van der Waals surface area contributed by atoms with Gasteiger partial charge in [0.05, 0.1) is 43.9 Å². The molecule has 7 rings (SSSR count). The molecule has 0 spiro atoms. The topological polar surface area (TPSA) is 216 Å². The monoisotopic (exact) mass is 1110 g/mol. The van der Waals surface area contributed by atoms with Crippen molar-refractivity contribution < 1.29 is 64.5 Å². The maximum absolute atomic E-state index is 16.0. The van der Waals surface area contributed by atoms with Crippen molar-refractivity contribution in [1.29, 1.82) is 0 Å². The van der Waals surface area contributed by atoms with Crippen LogP contribution < -0.4 is 32.0 Å². The molecule has 4 heterocycles. The van der Waals surface area contributed by atoms with Crippen LogP contribution in [0.4, 0.5) is 41.3 Å². The number of hydrazine groups is 1. The van der Waals surface area contributed by atoms with Gasteiger partial charge in [0.1, 0.15) is 29.5 Å². The molecular weight excluding hydrogens is 1050 g/mol. The first-order valence-corrected chi connectivity index (χ1v) is 25.9. The molecule has 428 valence electrons. The van der Waals surface area contributed by atoms with Gasteiger partial charge in [-0.25, -0.2) is 28.6 Å². The van der Waals surface area contributed by atoms with E-state index in [9.17, 15) is 46.2 Å². The molecule has 79 heavy (non-hydrogen) atoms. The molecule has 1 aliphatic carbocycles. The number of nitrogens with two attached hydrogens (primary N) is 1. The Morgan fingerprint density at radius 1 is 0.886 bits per heavy atom. The number of ether oxygens (including phenoxy) is 2. The quantitative estimate of drug-likeness (QED) is 0.0269. The highest BCUT2D eigenvalue weighted by Crippen LogP contribution is 2.41. The van der Waals surface area contributed by atoms with E-state index >= 15 is 8.78 Å². The summed E-state index contributed by atoms with van der Waals surface area (Å²) in [7, 11) is 0.887. The van der Waals surface area contributed by atoms with Gasteiger partial charge in [-0.1, -0.05) is 44.7 Å². The molecule has 4 amide bonds. The number of aliphatic hydroxyl groups is 1. The number of aliphatic hydroxyl groups excluding tert-OH is 1. The molecule has 1 aromatic heterocycles. The third kappa shape index (κ3) is 15.3. The zero-order valence-electron chi connectivity index (χ0n) is 44.7. The van der Waals surface area contributed by atoms with Crippen LogP contribution in [0.5, 0.6) is 0 Å². The number of halogens is 7. The molecule has 0 radical (unpaired) electrons. The lowest BCUT2D eigenvalue weighted by Crippen LogP contribution is -2.63. The Kier molecular flexibility index (Phi) is 19.0. The van der Waals surface area contributed by atoms with Crippen LogP contribution in [0.1, 0.15) is 88.1 Å². The molecule has 2 bridgehead atoms. The molecule has 3 aliphatic heterocycles. The van der Waals surface area contributed by atoms with E-state index in [1.165, 1.54) is 0 Å². The molecular formula is C55H67F7N10O7. The van der Waals surface area contributed by atoms with Gasteiger partial charge >= 0.3 is 18.8 Å². The number of pyridine rings is 1. The summed E-state index contributed by atoms with van der Waals surface area (Å²) in [5.41, 5.74) is 4.85. The maximum atomic E-state index is 16.0. The Hall–Kier alpha value is -6.81. The number of rotatable bonds is 20. The number of hydrogen-bond acceptors (Lipinski definition) is 13. The molecule has 3 saturated heterocycles. The van der Waals surface area contributed by atoms with E-state index in [2.05, 4.69) is 47.4 Å². The molecule has 2 aromatic carbocycles. The van der Waals surface area contributed by atoms with Crippen molar-refractivity contribution in [3.63, 3.8) is 0 Å². The van der Waals surface area contributed by atoms with Crippen LogP contribution in [0, 0.1) is 40.2 Å². The van der Waals surface area contributed by atoms with Crippen molar-refractivity contribution in [2.24, 2.45) is 27.5 Å². The number of nitrogens with one attached hydrogen (secondary N) is 4. The lowest BCUT2D eigenvalue weighted by Gasteiger charge is -2.47. The summed E-state index contributed by atoms with van der Waals surface area (Å²) in [5.74, 6) is 1.55. The molecule has 17 nitrogen and oxygen atoms in total. The fourth-order valence-electron chi connectivity index (χ4n) is 9.75. The maximum Gasteiger partial charge on any atom is 0.407 e. The van der Waals surface area contributed by atoms with Crippen LogP contribution >= 0.6 is 0 Å². The number of carbonyl (C=O) groups excluding carboxylic acids is 4. The highest BCUT2D eigenvalue weighted by atomic mass is 19.4. The van der Waals surface area contributed by atoms with Gasteiger partial charge in [-0.2, -0.15) is 22.0 Å². The molecule has 24 heteroatoms. The third-order valence-corrected chi connectivity index (χ3v) is 14.7. The van der Waals surface area contributed by atoms with E-state index in [-0.39, 0.29) is 23.6 Å². The molecule has 4 aliphatic rings. The van der Waals surface area contributed by atoms with Gasteiger partial charge in [-0.3, -0.25) is 24.7 Å². The van der Waals surface area contributed by atoms with Crippen LogP contribution in [0.2, 0.25) is 0 Å². The summed E-state index contributed by atoms with van der Waals surface area (Å²) < 4.78 is 111. The Labute approximate surface area is 453 Å². The number of anilines is 1. The average molecular weight is 1110 g/mol. The minimum atomic E-state index is -5.08. The zero-order chi connectivity index (χ0) is 57.6. The summed E-state index contributed by atoms with van der Waals surface area (Å²) >= 11 is 0. The van der Waals surface area contributed by atoms with E-state index in [1.807, 2.05) is 17.4 Å². The van der Waals surface area contributed by atoms with Gasteiger partial charge < -0.3 is 41.2 Å². The number of allylic oxidation sites excluding steroid dienone is 1. The number of piperazine rings is 1. The standard InChI is InChI=1S/C55H67F7N10O7/c1-53(2,3)46(67-48(74)34-14-15-34)50(76)69-71(27-39-40(56)22-35(23-41(39)57)42(63)19-20-64-51(58)59)28-44(73)43(66-49(75)47(68-52(77)78-6)54(4,5)55(60,61)62)21-32-10-7-31(8-11-32)9-12-33-13-18-45(65-24-33)70-25-36-16-17-37(26-70)72(36)38-29-79-30-38/h7-8,10-11,13,18-20,22-24,34,36-38,43-44,46-47,51,73H,14-17,21,25-30,63H2,1-6H3,(H,66,75)(H,67,74)(H,68,77)(H,69,76)/b42-19-,64-20+/t36?,37?,43-,44-,46+,47+/m0/s1. The van der Waals surface area contributed by atoms with E-state index in [0.29, 0.717) is 67.7 Å². The molecule has 7 N–H and O–H groups in total. The minimum Gasteiger partial charge on any atom is -0.453 e. The van der Waals surface area contributed by atoms with Crippen molar-refractivity contribution in [3.05, 3.63) is 100 Å². The number of methoxy groups -OCH3 is 1. The van der Waals surface area contributed by atoms with Gasteiger partial charge in [-0.05, 0) is 99.4 Å². The molecule has 2 unspecified atom stereocenters. The van der Waals surface area contributed by atoms with Crippen LogP contribution in [-0.4, -0.2) is 145 Å². The van der Waals surface area contributed by atoms with Crippen LogP contribution in [0.25, 0.3) is 5.70 Å². The Balaban J connectivity index is 1.15. The zero-order valence-corrected chi connectivity index (χ0v) is 44.7. The summed E-state index contributed by atoms with van der Waals surface area (Å²) in [4.78, 5) is 66.3. The number of fused-ring (bicyclic) bond motifs is 2. The van der Waals surface area contributed by atoms with Crippen molar-refractivity contribution in [2.45, 2.75) is 128 Å². The molecule has 3 aromatic rings. The number of hydrogen-bond donors (Lipinski definition) is 6. The van der Waals surface area contributed by atoms with E-state index in [1.54, 1.807) is 51.2 Å². The highest BCUT2D eigenvalue weighted by molar-refractivity contribution is 5.90. The molecule has 1 saturated carbocycles. The second-order valence-corrected chi connectivity index (χ2v) is 22.0. The minimum absolute atomic E-state index is 0.264. The third-order valence-electron chi connectivity index (χ3n) is 14.7.